The number of urea groups is 1. The first kappa shape index (κ1) is 16.2. The van der Waals surface area contributed by atoms with Crippen molar-refractivity contribution in [3.8, 4) is 0 Å². The molecule has 1 unspecified atom stereocenters. The van der Waals surface area contributed by atoms with Crippen LogP contribution in [0.5, 0.6) is 0 Å². The fourth-order valence-corrected chi connectivity index (χ4v) is 1.73. The Bertz CT molecular complexity index is 508. The summed E-state index contributed by atoms with van der Waals surface area (Å²) in [7, 11) is 0. The van der Waals surface area contributed by atoms with Gasteiger partial charge in [-0.3, -0.25) is 4.79 Å². The van der Waals surface area contributed by atoms with E-state index in [1.165, 1.54) is 12.1 Å². The van der Waals surface area contributed by atoms with Gasteiger partial charge in [0.15, 0.2) is 0 Å². The summed E-state index contributed by atoms with van der Waals surface area (Å²) in [5.74, 6) is -1.61. The van der Waals surface area contributed by atoms with Gasteiger partial charge in [-0.25, -0.2) is 9.18 Å². The Labute approximate surface area is 121 Å². The molecule has 0 saturated carbocycles. The van der Waals surface area contributed by atoms with Gasteiger partial charge in [-0.1, -0.05) is 25.4 Å². The molecule has 0 aliphatic rings. The highest BCUT2D eigenvalue weighted by Crippen LogP contribution is 2.19. The van der Waals surface area contributed by atoms with Crippen molar-refractivity contribution in [3.05, 3.63) is 29.0 Å². The lowest BCUT2D eigenvalue weighted by molar-refractivity contribution is -0.137. The van der Waals surface area contributed by atoms with Crippen molar-refractivity contribution < 1.29 is 19.1 Å². The van der Waals surface area contributed by atoms with Gasteiger partial charge in [0.2, 0.25) is 0 Å². The number of carbonyl (C=O) groups is 2. The van der Waals surface area contributed by atoms with Crippen LogP contribution in [0.4, 0.5) is 14.9 Å². The van der Waals surface area contributed by atoms with E-state index in [4.69, 9.17) is 16.7 Å². The number of halogens is 2. The van der Waals surface area contributed by atoms with Gasteiger partial charge in [-0.05, 0) is 24.1 Å². The number of hydrogen-bond donors (Lipinski definition) is 3. The van der Waals surface area contributed by atoms with Crippen molar-refractivity contribution in [2.24, 2.45) is 5.92 Å². The van der Waals surface area contributed by atoms with E-state index in [1.54, 1.807) is 0 Å². The van der Waals surface area contributed by atoms with Crippen molar-refractivity contribution in [2.45, 2.75) is 26.3 Å². The van der Waals surface area contributed by atoms with Crippen molar-refractivity contribution in [1.82, 2.24) is 5.32 Å². The van der Waals surface area contributed by atoms with Crippen LogP contribution in [0.3, 0.4) is 0 Å². The van der Waals surface area contributed by atoms with Gasteiger partial charge >= 0.3 is 12.0 Å². The lowest BCUT2D eigenvalue weighted by atomic mass is 10.0. The van der Waals surface area contributed by atoms with Gasteiger partial charge < -0.3 is 15.7 Å². The average molecular weight is 303 g/mol. The van der Waals surface area contributed by atoms with E-state index in [0.717, 1.165) is 6.07 Å². The summed E-state index contributed by atoms with van der Waals surface area (Å²) in [4.78, 5) is 22.5. The number of amides is 2. The first-order valence-corrected chi connectivity index (χ1v) is 6.41. The van der Waals surface area contributed by atoms with Crippen LogP contribution < -0.4 is 10.6 Å². The monoisotopic (exact) mass is 302 g/mol. The highest BCUT2D eigenvalue weighted by Gasteiger charge is 2.19. The Hall–Kier alpha value is -1.82. The molecule has 0 heterocycles. The predicted octanol–water partition coefficient (Wildman–Crippen LogP) is 3.10. The number of carboxylic acids is 1. The minimum atomic E-state index is -0.992. The van der Waals surface area contributed by atoms with Crippen LogP contribution >= 0.6 is 11.6 Å². The molecule has 0 fully saturated rings. The fraction of sp³-hybridized carbons (Fsp3) is 0.385. The molecule has 1 aromatic carbocycles. The molecule has 1 rings (SSSR count). The molecule has 1 aromatic rings. The van der Waals surface area contributed by atoms with Crippen LogP contribution in [-0.2, 0) is 4.79 Å². The van der Waals surface area contributed by atoms with Gasteiger partial charge in [0.1, 0.15) is 5.82 Å². The summed E-state index contributed by atoms with van der Waals surface area (Å²) in [6.07, 6.45) is -0.171. The fourth-order valence-electron chi connectivity index (χ4n) is 1.55. The van der Waals surface area contributed by atoms with Crippen molar-refractivity contribution in [3.63, 3.8) is 0 Å². The Morgan fingerprint density at radius 3 is 2.55 bits per heavy atom. The summed E-state index contributed by atoms with van der Waals surface area (Å²) in [6.45, 7) is 3.62. The number of carbonyl (C=O) groups excluding carboxylic acids is 1. The van der Waals surface area contributed by atoms with Gasteiger partial charge in [0.05, 0.1) is 11.4 Å². The molecule has 0 bridgehead atoms. The van der Waals surface area contributed by atoms with Crippen LogP contribution in [0.2, 0.25) is 5.02 Å². The Kier molecular flexibility index (Phi) is 5.76. The summed E-state index contributed by atoms with van der Waals surface area (Å²) in [5.41, 5.74) is 0.326. The molecular formula is C13H16ClFN2O3. The number of hydrogen-bond acceptors (Lipinski definition) is 2. The van der Waals surface area contributed by atoms with E-state index in [0.29, 0.717) is 5.69 Å². The van der Waals surface area contributed by atoms with E-state index in [-0.39, 0.29) is 17.4 Å². The first-order valence-electron chi connectivity index (χ1n) is 6.04. The maximum atomic E-state index is 13.0. The third kappa shape index (κ3) is 5.05. The second-order valence-electron chi connectivity index (χ2n) is 4.68. The van der Waals surface area contributed by atoms with Crippen LogP contribution in [0.25, 0.3) is 0 Å². The highest BCUT2D eigenvalue weighted by atomic mass is 35.5. The topological polar surface area (TPSA) is 78.4 Å². The third-order valence-corrected chi connectivity index (χ3v) is 2.98. The van der Waals surface area contributed by atoms with Gasteiger partial charge in [0, 0.05) is 11.7 Å². The number of anilines is 1. The molecule has 1 atom stereocenters. The molecular weight excluding hydrogens is 287 g/mol. The van der Waals surface area contributed by atoms with E-state index in [1.807, 2.05) is 13.8 Å². The second-order valence-corrected chi connectivity index (χ2v) is 5.08. The number of carboxylic acid groups (broad SMARTS) is 1. The number of benzene rings is 1. The summed E-state index contributed by atoms with van der Waals surface area (Å²) < 4.78 is 13.0. The minimum absolute atomic E-state index is 0.0337. The maximum absolute atomic E-state index is 13.0. The van der Waals surface area contributed by atoms with E-state index in [2.05, 4.69) is 10.6 Å². The molecule has 0 radical (unpaired) electrons. The van der Waals surface area contributed by atoms with E-state index < -0.39 is 23.9 Å². The summed E-state index contributed by atoms with van der Waals surface area (Å²) >= 11 is 5.60. The highest BCUT2D eigenvalue weighted by molar-refractivity contribution is 6.31. The number of aliphatic carboxylic acids is 1. The Balaban J connectivity index is 2.65. The summed E-state index contributed by atoms with van der Waals surface area (Å²) in [5, 5.41) is 13.7. The standard InChI is InChI=1S/C13H16ClFN2O3/c1-7(2)11(6-12(18)19)17-13(20)16-8-3-4-10(15)9(14)5-8/h3-5,7,11H,6H2,1-2H3,(H,18,19)(H2,16,17,20). The zero-order valence-corrected chi connectivity index (χ0v) is 11.9. The molecule has 5 nitrogen and oxygen atoms in total. The van der Waals surface area contributed by atoms with Crippen LogP contribution in [0, 0.1) is 11.7 Å². The second kappa shape index (κ2) is 7.09. The third-order valence-electron chi connectivity index (χ3n) is 2.69. The largest absolute Gasteiger partial charge is 0.481 e. The van der Waals surface area contributed by atoms with Crippen LogP contribution in [-0.4, -0.2) is 23.1 Å². The lowest BCUT2D eigenvalue weighted by Crippen LogP contribution is -2.42. The smallest absolute Gasteiger partial charge is 0.319 e. The average Bonchev–Trinajstić information content (AvgIpc) is 2.32. The zero-order chi connectivity index (χ0) is 15.3. The molecule has 7 heteroatoms. The molecule has 2 amide bonds. The molecule has 0 aromatic heterocycles. The molecule has 0 aliphatic heterocycles. The molecule has 0 aliphatic carbocycles. The van der Waals surface area contributed by atoms with Gasteiger partial charge in [0.25, 0.3) is 0 Å². The predicted molar refractivity (Wildman–Crippen MR) is 74.4 cm³/mol. The summed E-state index contributed by atoms with van der Waals surface area (Å²) in [6, 6.07) is 2.71. The lowest BCUT2D eigenvalue weighted by Gasteiger charge is -2.20. The van der Waals surface area contributed by atoms with Crippen molar-refractivity contribution in [2.75, 3.05) is 5.32 Å². The zero-order valence-electron chi connectivity index (χ0n) is 11.1. The van der Waals surface area contributed by atoms with Crippen molar-refractivity contribution >= 4 is 29.3 Å². The molecule has 20 heavy (non-hydrogen) atoms. The molecule has 0 saturated heterocycles. The van der Waals surface area contributed by atoms with E-state index >= 15 is 0 Å². The number of nitrogens with one attached hydrogen (secondary N) is 2. The normalized spacial score (nSPS) is 12.1. The Morgan fingerprint density at radius 1 is 1.40 bits per heavy atom. The molecule has 0 spiro atoms. The minimum Gasteiger partial charge on any atom is -0.481 e. The molecule has 3 N–H and O–H groups in total. The SMILES string of the molecule is CC(C)C(CC(=O)O)NC(=O)Nc1ccc(F)c(Cl)c1. The molecule has 110 valence electrons. The van der Waals surface area contributed by atoms with Gasteiger partial charge in [-0.15, -0.1) is 0 Å². The van der Waals surface area contributed by atoms with E-state index in [9.17, 15) is 14.0 Å². The Morgan fingerprint density at radius 2 is 2.05 bits per heavy atom. The van der Waals surface area contributed by atoms with Crippen LogP contribution in [0.1, 0.15) is 20.3 Å². The maximum Gasteiger partial charge on any atom is 0.319 e. The van der Waals surface area contributed by atoms with Gasteiger partial charge in [-0.2, -0.15) is 0 Å². The van der Waals surface area contributed by atoms with Crippen molar-refractivity contribution in [1.29, 1.82) is 0 Å². The van der Waals surface area contributed by atoms with Crippen LogP contribution in [0.15, 0.2) is 18.2 Å². The quantitative estimate of drug-likeness (QED) is 0.782. The number of rotatable bonds is 5. The first-order chi connectivity index (χ1) is 9.29.